The Bertz CT molecular complexity index is 599. The van der Waals surface area contributed by atoms with Crippen molar-refractivity contribution < 1.29 is 0 Å². The molecule has 20 heavy (non-hydrogen) atoms. The largest absolute Gasteiger partial charge is 0.320 e. The number of halogens is 1. The number of hydrogen-bond acceptors (Lipinski definition) is 1. The first-order chi connectivity index (χ1) is 9.65. The molecule has 1 fully saturated rings. The van der Waals surface area contributed by atoms with Gasteiger partial charge in [0.2, 0.25) is 0 Å². The van der Waals surface area contributed by atoms with Gasteiger partial charge in [0.25, 0.3) is 0 Å². The quantitative estimate of drug-likeness (QED) is 0.847. The van der Waals surface area contributed by atoms with Crippen molar-refractivity contribution in [2.24, 2.45) is 5.73 Å². The minimum atomic E-state index is -0.108. The molecular weight excluding hydrogens is 266 g/mol. The molecule has 0 amide bonds. The van der Waals surface area contributed by atoms with Crippen LogP contribution in [0.1, 0.15) is 53.5 Å². The predicted octanol–water partition coefficient (Wildman–Crippen LogP) is 4.96. The normalized spacial score (nSPS) is 16.8. The average molecular weight is 286 g/mol. The van der Waals surface area contributed by atoms with Gasteiger partial charge >= 0.3 is 0 Å². The van der Waals surface area contributed by atoms with E-state index in [1.54, 1.807) is 0 Å². The van der Waals surface area contributed by atoms with Gasteiger partial charge < -0.3 is 5.73 Å². The van der Waals surface area contributed by atoms with E-state index in [1.165, 1.54) is 24.8 Å². The Balaban J connectivity index is 1.82. The van der Waals surface area contributed by atoms with E-state index in [1.807, 2.05) is 19.1 Å². The number of nitrogens with two attached hydrogens (primary N) is 1. The Morgan fingerprint density at radius 1 is 1.05 bits per heavy atom. The zero-order valence-electron chi connectivity index (χ0n) is 11.8. The zero-order valence-corrected chi connectivity index (χ0v) is 12.5. The number of hydrogen-bond donors (Lipinski definition) is 1. The molecule has 1 atom stereocenters. The van der Waals surface area contributed by atoms with E-state index in [0.717, 1.165) is 27.6 Å². The van der Waals surface area contributed by atoms with E-state index in [2.05, 4.69) is 30.3 Å². The molecule has 1 saturated carbocycles. The van der Waals surface area contributed by atoms with Gasteiger partial charge in [0, 0.05) is 5.02 Å². The molecule has 1 nitrogen and oxygen atoms in total. The monoisotopic (exact) mass is 285 g/mol. The Morgan fingerprint density at radius 3 is 2.25 bits per heavy atom. The van der Waals surface area contributed by atoms with Crippen LogP contribution in [0.15, 0.2) is 42.5 Å². The lowest BCUT2D eigenvalue weighted by molar-refractivity contribution is 0.419. The van der Waals surface area contributed by atoms with Crippen molar-refractivity contribution in [3.05, 3.63) is 69.7 Å². The van der Waals surface area contributed by atoms with Gasteiger partial charge in [-0.2, -0.15) is 0 Å². The van der Waals surface area contributed by atoms with Crippen molar-refractivity contribution in [2.75, 3.05) is 0 Å². The second-order valence-corrected chi connectivity index (χ2v) is 6.19. The fourth-order valence-corrected chi connectivity index (χ4v) is 2.90. The third kappa shape index (κ3) is 2.61. The highest BCUT2D eigenvalue weighted by molar-refractivity contribution is 6.31. The molecule has 3 rings (SSSR count). The summed E-state index contributed by atoms with van der Waals surface area (Å²) < 4.78 is 0. The Kier molecular flexibility index (Phi) is 3.82. The minimum Gasteiger partial charge on any atom is -0.320 e. The number of rotatable bonds is 3. The van der Waals surface area contributed by atoms with Crippen molar-refractivity contribution in [3.63, 3.8) is 0 Å². The molecule has 1 aliphatic carbocycles. The number of benzene rings is 2. The lowest BCUT2D eigenvalue weighted by Crippen LogP contribution is -2.13. The van der Waals surface area contributed by atoms with E-state index in [0.29, 0.717) is 0 Å². The molecule has 1 aliphatic rings. The van der Waals surface area contributed by atoms with Gasteiger partial charge in [-0.05, 0) is 54.0 Å². The second-order valence-electron chi connectivity index (χ2n) is 5.78. The number of aryl methyl sites for hydroxylation is 1. The molecule has 0 saturated heterocycles. The van der Waals surface area contributed by atoms with E-state index in [4.69, 9.17) is 17.3 Å². The lowest BCUT2D eigenvalue weighted by atomic mass is 9.79. The lowest BCUT2D eigenvalue weighted by Gasteiger charge is -2.26. The Hall–Kier alpha value is -1.31. The van der Waals surface area contributed by atoms with Crippen molar-refractivity contribution >= 4 is 11.6 Å². The maximum Gasteiger partial charge on any atom is 0.0552 e. The Morgan fingerprint density at radius 2 is 1.70 bits per heavy atom. The standard InChI is InChI=1S/C18H20ClN/c1-12-5-6-16(11-17(12)19)18(20)15-9-7-14(8-10-15)13-3-2-4-13/h5-11,13,18H,2-4,20H2,1H3. The van der Waals surface area contributed by atoms with Gasteiger partial charge in [-0.3, -0.25) is 0 Å². The average Bonchev–Trinajstić information content (AvgIpc) is 2.40. The molecular formula is C18H20ClN. The third-order valence-corrected chi connectivity index (χ3v) is 4.83. The summed E-state index contributed by atoms with van der Waals surface area (Å²) in [5.41, 5.74) is 11.1. The molecule has 1 unspecified atom stereocenters. The maximum absolute atomic E-state index is 6.35. The van der Waals surface area contributed by atoms with Gasteiger partial charge in [-0.15, -0.1) is 0 Å². The van der Waals surface area contributed by atoms with Crippen molar-refractivity contribution in [1.82, 2.24) is 0 Å². The van der Waals surface area contributed by atoms with Gasteiger partial charge in [0.05, 0.1) is 6.04 Å². The minimum absolute atomic E-state index is 0.108. The highest BCUT2D eigenvalue weighted by Gasteiger charge is 2.19. The Labute approximate surface area is 125 Å². The van der Waals surface area contributed by atoms with Gasteiger partial charge in [0.15, 0.2) is 0 Å². The summed E-state index contributed by atoms with van der Waals surface area (Å²) in [5, 5.41) is 0.782. The topological polar surface area (TPSA) is 26.0 Å². The third-order valence-electron chi connectivity index (χ3n) is 4.43. The molecule has 0 spiro atoms. The molecule has 0 aromatic heterocycles. The van der Waals surface area contributed by atoms with Crippen LogP contribution in [-0.4, -0.2) is 0 Å². The van der Waals surface area contributed by atoms with Crippen LogP contribution in [0, 0.1) is 6.92 Å². The summed E-state index contributed by atoms with van der Waals surface area (Å²) in [6.07, 6.45) is 4.03. The predicted molar refractivity (Wildman–Crippen MR) is 85.3 cm³/mol. The van der Waals surface area contributed by atoms with E-state index in [9.17, 15) is 0 Å². The molecule has 2 N–H and O–H groups in total. The first-order valence-electron chi connectivity index (χ1n) is 7.26. The summed E-state index contributed by atoms with van der Waals surface area (Å²) in [6.45, 7) is 2.01. The van der Waals surface area contributed by atoms with Gasteiger partial charge in [-0.1, -0.05) is 54.4 Å². The summed E-state index contributed by atoms with van der Waals surface area (Å²) in [4.78, 5) is 0. The van der Waals surface area contributed by atoms with Crippen molar-refractivity contribution in [2.45, 2.75) is 38.1 Å². The zero-order chi connectivity index (χ0) is 14.1. The van der Waals surface area contributed by atoms with Crippen LogP contribution in [0.4, 0.5) is 0 Å². The van der Waals surface area contributed by atoms with Crippen LogP contribution in [0.5, 0.6) is 0 Å². The smallest absolute Gasteiger partial charge is 0.0552 e. The molecule has 2 heteroatoms. The molecule has 2 aromatic rings. The molecule has 104 valence electrons. The molecule has 0 heterocycles. The SMILES string of the molecule is Cc1ccc(C(N)c2ccc(C3CCC3)cc2)cc1Cl. The molecule has 2 aromatic carbocycles. The molecule has 0 bridgehead atoms. The first-order valence-corrected chi connectivity index (χ1v) is 7.64. The van der Waals surface area contributed by atoms with Gasteiger partial charge in [-0.25, -0.2) is 0 Å². The molecule has 0 radical (unpaired) electrons. The van der Waals surface area contributed by atoms with Crippen molar-refractivity contribution in [3.8, 4) is 0 Å². The second kappa shape index (κ2) is 5.59. The van der Waals surface area contributed by atoms with Crippen molar-refractivity contribution in [1.29, 1.82) is 0 Å². The van der Waals surface area contributed by atoms with Crippen LogP contribution in [0.3, 0.4) is 0 Å². The van der Waals surface area contributed by atoms with E-state index in [-0.39, 0.29) is 6.04 Å². The van der Waals surface area contributed by atoms with Crippen LogP contribution in [-0.2, 0) is 0 Å². The van der Waals surface area contributed by atoms with E-state index < -0.39 is 0 Å². The van der Waals surface area contributed by atoms with E-state index >= 15 is 0 Å². The van der Waals surface area contributed by atoms with Gasteiger partial charge in [0.1, 0.15) is 0 Å². The highest BCUT2D eigenvalue weighted by Crippen LogP contribution is 2.36. The highest BCUT2D eigenvalue weighted by atomic mass is 35.5. The summed E-state index contributed by atoms with van der Waals surface area (Å²) in [6, 6.07) is 14.7. The summed E-state index contributed by atoms with van der Waals surface area (Å²) in [7, 11) is 0. The summed E-state index contributed by atoms with van der Waals surface area (Å²) in [5.74, 6) is 0.772. The fraction of sp³-hybridized carbons (Fsp3) is 0.333. The van der Waals surface area contributed by atoms with Crippen LogP contribution in [0.2, 0.25) is 5.02 Å². The maximum atomic E-state index is 6.35. The van der Waals surface area contributed by atoms with Crippen LogP contribution in [0.25, 0.3) is 0 Å². The van der Waals surface area contributed by atoms with Crippen LogP contribution < -0.4 is 5.73 Å². The molecule has 0 aliphatic heterocycles. The van der Waals surface area contributed by atoms with Crippen LogP contribution >= 0.6 is 11.6 Å². The summed E-state index contributed by atoms with van der Waals surface area (Å²) >= 11 is 6.18. The first kappa shape index (κ1) is 13.7. The fourth-order valence-electron chi connectivity index (χ4n) is 2.71.